The molecular formula is C19H10N6O. The molecule has 3 rings (SSSR count). The number of H-pyrrole nitrogens is 1. The Morgan fingerprint density at radius 2 is 1.54 bits per heavy atom. The summed E-state index contributed by atoms with van der Waals surface area (Å²) in [7, 11) is 0. The third kappa shape index (κ3) is 2.75. The fraction of sp³-hybridized carbons (Fsp3) is 0. The third-order valence-electron chi connectivity index (χ3n) is 3.83. The Bertz CT molecular complexity index is 1170. The molecule has 0 aliphatic carbocycles. The average Bonchev–Trinajstić information content (AvgIpc) is 2.68. The predicted molar refractivity (Wildman–Crippen MR) is 94.3 cm³/mol. The molecular weight excluding hydrogens is 328 g/mol. The van der Waals surface area contributed by atoms with Gasteiger partial charge < -0.3 is 10.7 Å². The minimum absolute atomic E-state index is 0.0467. The number of aromatic nitrogens is 2. The monoisotopic (exact) mass is 338 g/mol. The zero-order valence-corrected chi connectivity index (χ0v) is 13.3. The van der Waals surface area contributed by atoms with Gasteiger partial charge in [-0.3, -0.25) is 9.78 Å². The minimum Gasteiger partial charge on any atom is -0.384 e. The molecule has 3 N–H and O–H groups in total. The molecule has 7 nitrogen and oxygen atoms in total. The zero-order chi connectivity index (χ0) is 18.7. The molecule has 0 saturated heterocycles. The van der Waals surface area contributed by atoms with Gasteiger partial charge in [0, 0.05) is 17.3 Å². The smallest absolute Gasteiger partial charge is 0.268 e. The van der Waals surface area contributed by atoms with Crippen LogP contribution in [-0.4, -0.2) is 9.97 Å². The number of nitriles is 3. The lowest BCUT2D eigenvalue weighted by Gasteiger charge is -2.09. The summed E-state index contributed by atoms with van der Waals surface area (Å²) >= 11 is 0. The molecule has 1 aromatic carbocycles. The second kappa shape index (κ2) is 6.60. The van der Waals surface area contributed by atoms with Gasteiger partial charge in [-0.1, -0.05) is 24.3 Å². The van der Waals surface area contributed by atoms with Gasteiger partial charge in [0.05, 0.1) is 11.3 Å². The van der Waals surface area contributed by atoms with Gasteiger partial charge in [-0.25, -0.2) is 0 Å². The molecule has 0 radical (unpaired) electrons. The molecule has 26 heavy (non-hydrogen) atoms. The average molecular weight is 338 g/mol. The molecule has 0 atom stereocenters. The van der Waals surface area contributed by atoms with E-state index in [1.165, 1.54) is 6.20 Å². The second-order valence-electron chi connectivity index (χ2n) is 5.34. The number of nitrogens with one attached hydrogen (secondary N) is 1. The number of anilines is 1. The van der Waals surface area contributed by atoms with E-state index in [-0.39, 0.29) is 22.5 Å². The van der Waals surface area contributed by atoms with Crippen molar-refractivity contribution in [1.29, 1.82) is 15.8 Å². The van der Waals surface area contributed by atoms with Crippen molar-refractivity contribution in [3.05, 3.63) is 69.6 Å². The molecule has 0 spiro atoms. The molecule has 2 aromatic heterocycles. The lowest BCUT2D eigenvalue weighted by Crippen LogP contribution is -2.16. The van der Waals surface area contributed by atoms with Gasteiger partial charge >= 0.3 is 0 Å². The van der Waals surface area contributed by atoms with E-state index in [0.717, 1.165) is 5.56 Å². The maximum absolute atomic E-state index is 12.0. The highest BCUT2D eigenvalue weighted by Gasteiger charge is 2.18. The molecule has 0 fully saturated rings. The van der Waals surface area contributed by atoms with Gasteiger partial charge in [-0.05, 0) is 17.7 Å². The first kappa shape index (κ1) is 16.4. The molecule has 3 aromatic rings. The van der Waals surface area contributed by atoms with Crippen LogP contribution in [0.15, 0.2) is 47.4 Å². The fourth-order valence-electron chi connectivity index (χ4n) is 2.57. The summed E-state index contributed by atoms with van der Waals surface area (Å²) in [6.45, 7) is 0. The van der Waals surface area contributed by atoms with Crippen LogP contribution in [-0.2, 0) is 0 Å². The summed E-state index contributed by atoms with van der Waals surface area (Å²) in [4.78, 5) is 18.5. The standard InChI is InChI=1S/C19H10N6O/c20-7-11-1-6-16(24-10-11)12-2-4-13(5-3-12)17-14(8-21)18(23)25-19(26)15(17)9-22/h1-6,10H,(H3,23,25,26). The fourth-order valence-corrected chi connectivity index (χ4v) is 2.57. The summed E-state index contributed by atoms with van der Waals surface area (Å²) < 4.78 is 0. The first-order valence-corrected chi connectivity index (χ1v) is 7.42. The summed E-state index contributed by atoms with van der Waals surface area (Å²) in [6.07, 6.45) is 1.47. The minimum atomic E-state index is -0.642. The highest BCUT2D eigenvalue weighted by atomic mass is 16.1. The first-order chi connectivity index (χ1) is 12.6. The predicted octanol–water partition coefficient (Wildman–Crippen LogP) is 2.30. The van der Waals surface area contributed by atoms with E-state index in [1.54, 1.807) is 36.4 Å². The lowest BCUT2D eigenvalue weighted by molar-refractivity contribution is 1.21. The molecule has 0 aliphatic rings. The number of pyridine rings is 2. The SMILES string of the molecule is N#Cc1ccc(-c2ccc(-c3c(C#N)c(N)[nH]c(=O)c3C#N)cc2)nc1. The van der Waals surface area contributed by atoms with E-state index in [9.17, 15) is 15.3 Å². The van der Waals surface area contributed by atoms with Crippen LogP contribution in [0, 0.1) is 34.0 Å². The Hall–Kier alpha value is -4.41. The van der Waals surface area contributed by atoms with Crippen molar-refractivity contribution in [1.82, 2.24) is 9.97 Å². The van der Waals surface area contributed by atoms with Gasteiger partial charge in [0.15, 0.2) is 0 Å². The Balaban J connectivity index is 2.13. The van der Waals surface area contributed by atoms with E-state index in [0.29, 0.717) is 16.8 Å². The van der Waals surface area contributed by atoms with Gasteiger partial charge in [0.1, 0.15) is 35.2 Å². The summed E-state index contributed by atoms with van der Waals surface area (Å²) in [5, 5.41) is 27.5. The highest BCUT2D eigenvalue weighted by molar-refractivity contribution is 5.81. The van der Waals surface area contributed by atoms with Gasteiger partial charge in [-0.15, -0.1) is 0 Å². The van der Waals surface area contributed by atoms with Crippen molar-refractivity contribution in [3.63, 3.8) is 0 Å². The number of aromatic amines is 1. The maximum atomic E-state index is 12.0. The Morgan fingerprint density at radius 1 is 0.885 bits per heavy atom. The van der Waals surface area contributed by atoms with Crippen LogP contribution in [0.5, 0.6) is 0 Å². The summed E-state index contributed by atoms with van der Waals surface area (Å²) in [6, 6.07) is 16.0. The van der Waals surface area contributed by atoms with E-state index < -0.39 is 5.56 Å². The second-order valence-corrected chi connectivity index (χ2v) is 5.34. The third-order valence-corrected chi connectivity index (χ3v) is 3.83. The maximum Gasteiger partial charge on any atom is 0.268 e. The first-order valence-electron chi connectivity index (χ1n) is 7.42. The number of benzene rings is 1. The summed E-state index contributed by atoms with van der Waals surface area (Å²) in [5.41, 5.74) is 7.60. The molecule has 122 valence electrons. The van der Waals surface area contributed by atoms with Gasteiger partial charge in [-0.2, -0.15) is 15.8 Å². The number of rotatable bonds is 2. The molecule has 0 saturated carbocycles. The number of nitrogens with two attached hydrogens (primary N) is 1. The number of nitrogen functional groups attached to an aromatic ring is 1. The van der Waals surface area contributed by atoms with Crippen LogP contribution in [0.2, 0.25) is 0 Å². The molecule has 7 heteroatoms. The van der Waals surface area contributed by atoms with Crippen molar-refractivity contribution < 1.29 is 0 Å². The van der Waals surface area contributed by atoms with Crippen molar-refractivity contribution in [3.8, 4) is 40.6 Å². The molecule has 0 aliphatic heterocycles. The largest absolute Gasteiger partial charge is 0.384 e. The molecule has 2 heterocycles. The van der Waals surface area contributed by atoms with Crippen molar-refractivity contribution >= 4 is 5.82 Å². The van der Waals surface area contributed by atoms with Crippen LogP contribution in [0.3, 0.4) is 0 Å². The molecule has 0 bridgehead atoms. The van der Waals surface area contributed by atoms with Crippen molar-refractivity contribution in [2.24, 2.45) is 0 Å². The van der Waals surface area contributed by atoms with E-state index in [4.69, 9.17) is 11.0 Å². The van der Waals surface area contributed by atoms with E-state index >= 15 is 0 Å². The van der Waals surface area contributed by atoms with Crippen molar-refractivity contribution in [2.45, 2.75) is 0 Å². The molecule has 0 amide bonds. The summed E-state index contributed by atoms with van der Waals surface area (Å²) in [5.74, 6) is -0.0793. The number of hydrogen-bond donors (Lipinski definition) is 2. The van der Waals surface area contributed by atoms with Crippen LogP contribution in [0.1, 0.15) is 16.7 Å². The van der Waals surface area contributed by atoms with Crippen molar-refractivity contribution in [2.75, 3.05) is 5.73 Å². The van der Waals surface area contributed by atoms with Crippen LogP contribution >= 0.6 is 0 Å². The lowest BCUT2D eigenvalue weighted by atomic mass is 9.95. The quantitative estimate of drug-likeness (QED) is 0.733. The normalized spacial score (nSPS) is 9.73. The van der Waals surface area contributed by atoms with E-state index in [1.807, 2.05) is 18.2 Å². The Labute approximate surface area is 148 Å². The van der Waals surface area contributed by atoms with E-state index in [2.05, 4.69) is 9.97 Å². The molecule has 0 unspecified atom stereocenters. The Kier molecular flexibility index (Phi) is 4.18. The highest BCUT2D eigenvalue weighted by Crippen LogP contribution is 2.29. The number of hydrogen-bond acceptors (Lipinski definition) is 6. The van der Waals surface area contributed by atoms with Crippen LogP contribution < -0.4 is 11.3 Å². The van der Waals surface area contributed by atoms with Crippen LogP contribution in [0.25, 0.3) is 22.4 Å². The topological polar surface area (TPSA) is 143 Å². The zero-order valence-electron chi connectivity index (χ0n) is 13.3. The van der Waals surface area contributed by atoms with Gasteiger partial charge in [0.2, 0.25) is 0 Å². The number of nitrogens with zero attached hydrogens (tertiary/aromatic N) is 4. The van der Waals surface area contributed by atoms with Gasteiger partial charge in [0.25, 0.3) is 5.56 Å². The Morgan fingerprint density at radius 3 is 2.08 bits per heavy atom. The van der Waals surface area contributed by atoms with Crippen LogP contribution in [0.4, 0.5) is 5.82 Å².